The van der Waals surface area contributed by atoms with Gasteiger partial charge in [-0.05, 0) is 88.4 Å². The molecule has 0 amide bonds. The summed E-state index contributed by atoms with van der Waals surface area (Å²) in [6, 6.07) is 0. The molecule has 118 valence electrons. The van der Waals surface area contributed by atoms with E-state index in [1.165, 1.54) is 64.7 Å². The van der Waals surface area contributed by atoms with Gasteiger partial charge in [0.25, 0.3) is 0 Å². The second kappa shape index (κ2) is 7.26. The summed E-state index contributed by atoms with van der Waals surface area (Å²) in [6.07, 6.45) is 8.67. The van der Waals surface area contributed by atoms with Crippen molar-refractivity contribution < 1.29 is 0 Å². The molecule has 1 heterocycles. The molecule has 0 aromatic heterocycles. The number of nitrogens with zero attached hydrogens (tertiary/aromatic N) is 1. The van der Waals surface area contributed by atoms with Crippen molar-refractivity contribution in [2.24, 2.45) is 23.2 Å². The van der Waals surface area contributed by atoms with Gasteiger partial charge in [-0.2, -0.15) is 0 Å². The first-order valence-corrected chi connectivity index (χ1v) is 8.86. The summed E-state index contributed by atoms with van der Waals surface area (Å²) >= 11 is 0. The van der Waals surface area contributed by atoms with Gasteiger partial charge in [-0.15, -0.1) is 0 Å². The molecule has 0 atom stereocenters. The number of nitrogens with one attached hydrogen (secondary N) is 1. The Labute approximate surface area is 126 Å². The Hall–Kier alpha value is -0.0800. The van der Waals surface area contributed by atoms with Crippen LogP contribution in [0.2, 0.25) is 0 Å². The van der Waals surface area contributed by atoms with E-state index in [0.717, 1.165) is 17.8 Å². The second-order valence-corrected chi connectivity index (χ2v) is 8.39. The summed E-state index contributed by atoms with van der Waals surface area (Å²) in [7, 11) is 2.08. The molecule has 2 nitrogen and oxygen atoms in total. The van der Waals surface area contributed by atoms with E-state index in [9.17, 15) is 0 Å². The first-order valence-electron chi connectivity index (χ1n) is 8.86. The van der Waals surface area contributed by atoms with Crippen LogP contribution < -0.4 is 5.32 Å². The van der Waals surface area contributed by atoms with Crippen molar-refractivity contribution in [3.8, 4) is 0 Å². The SMILES string of the molecule is CNCC1CCN(CC2CCC(C(C)(C)C)CC2)CC1. The van der Waals surface area contributed by atoms with Crippen LogP contribution in [0, 0.1) is 23.2 Å². The van der Waals surface area contributed by atoms with Gasteiger partial charge in [0.1, 0.15) is 0 Å². The quantitative estimate of drug-likeness (QED) is 0.843. The molecule has 1 aliphatic heterocycles. The number of piperidine rings is 1. The van der Waals surface area contributed by atoms with Crippen molar-refractivity contribution in [3.63, 3.8) is 0 Å². The standard InChI is InChI=1S/C18H36N2/c1-18(2,3)17-7-5-16(6-8-17)14-20-11-9-15(10-12-20)13-19-4/h15-17,19H,5-14H2,1-4H3. The average Bonchev–Trinajstić information content (AvgIpc) is 2.41. The lowest BCUT2D eigenvalue weighted by atomic mass is 9.70. The highest BCUT2D eigenvalue weighted by molar-refractivity contribution is 4.83. The lowest BCUT2D eigenvalue weighted by Gasteiger charge is -2.40. The maximum atomic E-state index is 3.33. The number of hydrogen-bond acceptors (Lipinski definition) is 2. The third-order valence-corrected chi connectivity index (χ3v) is 5.79. The average molecular weight is 280 g/mol. The van der Waals surface area contributed by atoms with Crippen LogP contribution in [-0.2, 0) is 0 Å². The molecule has 20 heavy (non-hydrogen) atoms. The van der Waals surface area contributed by atoms with Gasteiger partial charge in [-0.25, -0.2) is 0 Å². The zero-order chi connectivity index (χ0) is 14.6. The second-order valence-electron chi connectivity index (χ2n) is 8.39. The Bertz CT molecular complexity index is 266. The third-order valence-electron chi connectivity index (χ3n) is 5.79. The van der Waals surface area contributed by atoms with Gasteiger partial charge in [0, 0.05) is 6.54 Å². The maximum Gasteiger partial charge on any atom is 0.000966 e. The topological polar surface area (TPSA) is 15.3 Å². The minimum atomic E-state index is 0.524. The molecule has 1 aliphatic carbocycles. The molecule has 1 N–H and O–H groups in total. The van der Waals surface area contributed by atoms with E-state index < -0.39 is 0 Å². The number of hydrogen-bond donors (Lipinski definition) is 1. The zero-order valence-electron chi connectivity index (χ0n) is 14.3. The van der Waals surface area contributed by atoms with Crippen LogP contribution in [-0.4, -0.2) is 38.1 Å². The molecule has 0 radical (unpaired) electrons. The van der Waals surface area contributed by atoms with Crippen LogP contribution in [0.4, 0.5) is 0 Å². The Kier molecular flexibility index (Phi) is 5.92. The van der Waals surface area contributed by atoms with Crippen LogP contribution >= 0.6 is 0 Å². The van der Waals surface area contributed by atoms with Gasteiger partial charge >= 0.3 is 0 Å². The molecule has 1 saturated carbocycles. The van der Waals surface area contributed by atoms with E-state index in [2.05, 4.69) is 38.0 Å². The van der Waals surface area contributed by atoms with E-state index >= 15 is 0 Å². The van der Waals surface area contributed by atoms with Crippen LogP contribution in [0.3, 0.4) is 0 Å². The van der Waals surface area contributed by atoms with Gasteiger partial charge < -0.3 is 10.2 Å². The van der Waals surface area contributed by atoms with E-state index in [-0.39, 0.29) is 0 Å². The highest BCUT2D eigenvalue weighted by Crippen LogP contribution is 2.40. The van der Waals surface area contributed by atoms with Crippen LogP contribution in [0.1, 0.15) is 59.3 Å². The molecule has 2 fully saturated rings. The van der Waals surface area contributed by atoms with Gasteiger partial charge in [0.2, 0.25) is 0 Å². The molecular weight excluding hydrogens is 244 g/mol. The highest BCUT2D eigenvalue weighted by atomic mass is 15.1. The molecule has 2 rings (SSSR count). The monoisotopic (exact) mass is 280 g/mol. The predicted molar refractivity (Wildman–Crippen MR) is 88.0 cm³/mol. The van der Waals surface area contributed by atoms with E-state index in [4.69, 9.17) is 0 Å². The lowest BCUT2D eigenvalue weighted by Crippen LogP contribution is -2.40. The van der Waals surface area contributed by atoms with Crippen molar-refractivity contribution in [2.45, 2.75) is 59.3 Å². The van der Waals surface area contributed by atoms with E-state index in [1.54, 1.807) is 0 Å². The minimum absolute atomic E-state index is 0.524. The van der Waals surface area contributed by atoms with Gasteiger partial charge in [-0.3, -0.25) is 0 Å². The maximum absolute atomic E-state index is 3.33. The fraction of sp³-hybridized carbons (Fsp3) is 1.00. The van der Waals surface area contributed by atoms with E-state index in [0.29, 0.717) is 5.41 Å². The predicted octanol–water partition coefficient (Wildman–Crippen LogP) is 3.77. The molecule has 2 aliphatic rings. The van der Waals surface area contributed by atoms with Crippen molar-refractivity contribution in [2.75, 3.05) is 33.2 Å². The molecular formula is C18H36N2. The molecule has 0 spiro atoms. The number of rotatable bonds is 4. The Balaban J connectivity index is 1.66. The van der Waals surface area contributed by atoms with Crippen LogP contribution in [0.25, 0.3) is 0 Å². The summed E-state index contributed by atoms with van der Waals surface area (Å²) < 4.78 is 0. The summed E-state index contributed by atoms with van der Waals surface area (Å²) in [5, 5.41) is 3.33. The third kappa shape index (κ3) is 4.73. The Morgan fingerprint density at radius 3 is 2.00 bits per heavy atom. The summed E-state index contributed by atoms with van der Waals surface area (Å²) in [6.45, 7) is 12.5. The van der Waals surface area contributed by atoms with Crippen LogP contribution in [0.5, 0.6) is 0 Å². The molecule has 2 heteroatoms. The van der Waals surface area contributed by atoms with Crippen molar-refractivity contribution in [3.05, 3.63) is 0 Å². The minimum Gasteiger partial charge on any atom is -0.319 e. The Morgan fingerprint density at radius 2 is 1.50 bits per heavy atom. The molecule has 0 aromatic rings. The van der Waals surface area contributed by atoms with Gasteiger partial charge in [0.05, 0.1) is 0 Å². The van der Waals surface area contributed by atoms with Gasteiger partial charge in [-0.1, -0.05) is 20.8 Å². The molecule has 1 saturated heterocycles. The normalized spacial score (nSPS) is 30.6. The summed E-state index contributed by atoms with van der Waals surface area (Å²) in [5.41, 5.74) is 0.524. The lowest BCUT2D eigenvalue weighted by molar-refractivity contribution is 0.107. The van der Waals surface area contributed by atoms with Crippen molar-refractivity contribution in [1.29, 1.82) is 0 Å². The summed E-state index contributed by atoms with van der Waals surface area (Å²) in [4.78, 5) is 2.74. The highest BCUT2D eigenvalue weighted by Gasteiger charge is 2.30. The molecule has 0 unspecified atom stereocenters. The largest absolute Gasteiger partial charge is 0.319 e. The number of likely N-dealkylation sites (tertiary alicyclic amines) is 1. The fourth-order valence-corrected chi connectivity index (χ4v) is 4.24. The molecule has 0 bridgehead atoms. The smallest absolute Gasteiger partial charge is 0.000966 e. The van der Waals surface area contributed by atoms with Crippen molar-refractivity contribution >= 4 is 0 Å². The Morgan fingerprint density at radius 1 is 0.900 bits per heavy atom. The first-order chi connectivity index (χ1) is 9.49. The zero-order valence-corrected chi connectivity index (χ0v) is 14.3. The van der Waals surface area contributed by atoms with Crippen LogP contribution in [0.15, 0.2) is 0 Å². The van der Waals surface area contributed by atoms with E-state index in [1.807, 2.05) is 0 Å². The summed E-state index contributed by atoms with van der Waals surface area (Å²) in [5.74, 6) is 2.86. The first kappa shape index (κ1) is 16.3. The van der Waals surface area contributed by atoms with Gasteiger partial charge in [0.15, 0.2) is 0 Å². The molecule has 0 aromatic carbocycles. The van der Waals surface area contributed by atoms with Crippen molar-refractivity contribution in [1.82, 2.24) is 10.2 Å². The fourth-order valence-electron chi connectivity index (χ4n) is 4.24.